The lowest BCUT2D eigenvalue weighted by Crippen LogP contribution is -2.02. The molecular formula is C13H11N3O2S2. The fourth-order valence-electron chi connectivity index (χ4n) is 1.88. The molecule has 0 saturated carbocycles. The predicted octanol–water partition coefficient (Wildman–Crippen LogP) is 2.41. The molecule has 0 unspecified atom stereocenters. The highest BCUT2D eigenvalue weighted by Gasteiger charge is 2.22. The van der Waals surface area contributed by atoms with Crippen LogP contribution in [0.5, 0.6) is 0 Å². The highest BCUT2D eigenvalue weighted by molar-refractivity contribution is 7.93. The Morgan fingerprint density at radius 2 is 2.00 bits per heavy atom. The first-order chi connectivity index (χ1) is 9.46. The molecule has 2 heterocycles. The number of sulfone groups is 1. The number of aryl methyl sites for hydroxylation is 1. The zero-order valence-corrected chi connectivity index (χ0v) is 12.2. The van der Waals surface area contributed by atoms with Crippen molar-refractivity contribution in [1.82, 2.24) is 9.97 Å². The fraction of sp³-hybridized carbons (Fsp3) is 0.0769. The lowest BCUT2D eigenvalue weighted by molar-refractivity contribution is 0.594. The summed E-state index contributed by atoms with van der Waals surface area (Å²) in [6, 6.07) is 8.93. The Labute approximate surface area is 120 Å². The van der Waals surface area contributed by atoms with E-state index in [9.17, 15) is 8.42 Å². The van der Waals surface area contributed by atoms with Gasteiger partial charge >= 0.3 is 0 Å². The number of nitrogens with zero attached hydrogens (tertiary/aromatic N) is 2. The third-order valence-corrected chi connectivity index (χ3v) is 5.80. The van der Waals surface area contributed by atoms with Gasteiger partial charge in [0.1, 0.15) is 4.21 Å². The van der Waals surface area contributed by atoms with Gasteiger partial charge in [0, 0.05) is 5.39 Å². The molecule has 2 aromatic heterocycles. The molecule has 0 aliphatic heterocycles. The van der Waals surface area contributed by atoms with Crippen LogP contribution in [0.4, 0.5) is 5.13 Å². The number of hydrogen-bond acceptors (Lipinski definition) is 6. The molecule has 3 aromatic rings. The van der Waals surface area contributed by atoms with Crippen molar-refractivity contribution in [3.05, 3.63) is 42.1 Å². The Hall–Kier alpha value is -1.99. The van der Waals surface area contributed by atoms with Crippen molar-refractivity contribution in [3.8, 4) is 0 Å². The van der Waals surface area contributed by atoms with Gasteiger partial charge in [-0.25, -0.2) is 18.4 Å². The molecule has 5 nitrogen and oxygen atoms in total. The molecular weight excluding hydrogens is 294 g/mol. The lowest BCUT2D eigenvalue weighted by atomic mass is 10.1. The summed E-state index contributed by atoms with van der Waals surface area (Å²) in [6.45, 7) is 1.98. The molecule has 3 rings (SSSR count). The molecule has 20 heavy (non-hydrogen) atoms. The molecule has 1 aromatic carbocycles. The maximum atomic E-state index is 12.4. The highest BCUT2D eigenvalue weighted by atomic mass is 32.2. The van der Waals surface area contributed by atoms with Gasteiger partial charge < -0.3 is 5.73 Å². The Kier molecular flexibility index (Phi) is 2.95. The first-order valence-electron chi connectivity index (χ1n) is 5.80. The van der Waals surface area contributed by atoms with E-state index in [4.69, 9.17) is 5.73 Å². The zero-order valence-electron chi connectivity index (χ0n) is 10.6. The first-order valence-corrected chi connectivity index (χ1v) is 8.10. The maximum Gasteiger partial charge on any atom is 0.234 e. The molecule has 0 bridgehead atoms. The van der Waals surface area contributed by atoms with Gasteiger partial charge in [0.2, 0.25) is 9.84 Å². The summed E-state index contributed by atoms with van der Waals surface area (Å²) in [6.07, 6.45) is 1.26. The number of nitrogens with two attached hydrogens (primary N) is 1. The third kappa shape index (κ3) is 2.14. The summed E-state index contributed by atoms with van der Waals surface area (Å²) >= 11 is 0.936. The average Bonchev–Trinajstić information content (AvgIpc) is 2.85. The second-order valence-corrected chi connectivity index (χ2v) is 7.55. The summed E-state index contributed by atoms with van der Waals surface area (Å²) in [4.78, 5) is 8.00. The van der Waals surface area contributed by atoms with Gasteiger partial charge in [-0.05, 0) is 31.2 Å². The number of rotatable bonds is 2. The molecule has 0 spiro atoms. The van der Waals surface area contributed by atoms with Crippen LogP contribution in [0.15, 0.2) is 45.8 Å². The van der Waals surface area contributed by atoms with E-state index in [2.05, 4.69) is 9.97 Å². The van der Waals surface area contributed by atoms with E-state index < -0.39 is 9.84 Å². The van der Waals surface area contributed by atoms with Crippen molar-refractivity contribution in [1.29, 1.82) is 0 Å². The second-order valence-electron chi connectivity index (χ2n) is 4.37. The number of anilines is 1. The summed E-state index contributed by atoms with van der Waals surface area (Å²) in [7, 11) is -3.65. The monoisotopic (exact) mass is 305 g/mol. The number of fused-ring (bicyclic) bond motifs is 1. The molecule has 7 heteroatoms. The molecule has 0 saturated heterocycles. The molecule has 0 fully saturated rings. The van der Waals surface area contributed by atoms with Crippen LogP contribution in [0.3, 0.4) is 0 Å². The molecule has 0 aliphatic rings. The smallest absolute Gasteiger partial charge is 0.234 e. The van der Waals surface area contributed by atoms with E-state index in [1.807, 2.05) is 25.1 Å². The maximum absolute atomic E-state index is 12.4. The minimum absolute atomic E-state index is 0.0116. The topological polar surface area (TPSA) is 85.9 Å². The van der Waals surface area contributed by atoms with Gasteiger partial charge in [0.05, 0.1) is 11.7 Å². The number of thiazole rings is 1. The van der Waals surface area contributed by atoms with Gasteiger partial charge in [-0.15, -0.1) is 0 Å². The van der Waals surface area contributed by atoms with E-state index in [0.717, 1.165) is 22.3 Å². The predicted molar refractivity (Wildman–Crippen MR) is 78.5 cm³/mol. The SMILES string of the molecule is Cc1ccc2nc(S(=O)(=O)c3cnc(N)s3)ccc2c1. The number of hydrogen-bond donors (Lipinski definition) is 1. The third-order valence-electron chi connectivity index (χ3n) is 2.86. The minimum atomic E-state index is -3.65. The van der Waals surface area contributed by atoms with E-state index >= 15 is 0 Å². The van der Waals surface area contributed by atoms with E-state index in [1.165, 1.54) is 12.3 Å². The zero-order chi connectivity index (χ0) is 14.3. The van der Waals surface area contributed by atoms with Gasteiger partial charge in [-0.1, -0.05) is 23.0 Å². The fourth-order valence-corrected chi connectivity index (χ4v) is 4.11. The molecule has 0 aliphatic carbocycles. The number of pyridine rings is 1. The Morgan fingerprint density at radius 1 is 1.20 bits per heavy atom. The Balaban J connectivity index is 2.17. The van der Waals surface area contributed by atoms with Crippen molar-refractivity contribution < 1.29 is 8.42 Å². The van der Waals surface area contributed by atoms with Crippen LogP contribution in [0.2, 0.25) is 0 Å². The van der Waals surface area contributed by atoms with Crippen LogP contribution in [0.25, 0.3) is 10.9 Å². The molecule has 0 atom stereocenters. The quantitative estimate of drug-likeness (QED) is 0.785. The summed E-state index contributed by atoms with van der Waals surface area (Å²) in [5.41, 5.74) is 7.23. The largest absolute Gasteiger partial charge is 0.375 e. The number of benzene rings is 1. The average molecular weight is 305 g/mol. The van der Waals surface area contributed by atoms with Crippen LogP contribution < -0.4 is 5.73 Å². The highest BCUT2D eigenvalue weighted by Crippen LogP contribution is 2.27. The van der Waals surface area contributed by atoms with Gasteiger partial charge in [0.25, 0.3) is 0 Å². The second kappa shape index (κ2) is 4.53. The Bertz CT molecular complexity index is 901. The first kappa shape index (κ1) is 13.0. The summed E-state index contributed by atoms with van der Waals surface area (Å²) < 4.78 is 24.9. The van der Waals surface area contributed by atoms with Gasteiger partial charge in [-0.3, -0.25) is 0 Å². The van der Waals surface area contributed by atoms with Crippen molar-refractivity contribution in [2.24, 2.45) is 0 Å². The van der Waals surface area contributed by atoms with Crippen molar-refractivity contribution in [3.63, 3.8) is 0 Å². The Morgan fingerprint density at radius 3 is 2.70 bits per heavy atom. The van der Waals surface area contributed by atoms with Crippen molar-refractivity contribution in [2.75, 3.05) is 5.73 Å². The van der Waals surface area contributed by atoms with Crippen molar-refractivity contribution in [2.45, 2.75) is 16.2 Å². The van der Waals surface area contributed by atoms with E-state index in [1.54, 1.807) is 6.07 Å². The van der Waals surface area contributed by atoms with Gasteiger partial charge in [-0.2, -0.15) is 0 Å². The molecule has 0 radical (unpaired) electrons. The van der Waals surface area contributed by atoms with Crippen LogP contribution in [-0.2, 0) is 9.84 Å². The van der Waals surface area contributed by atoms with Crippen LogP contribution in [0, 0.1) is 6.92 Å². The molecule has 102 valence electrons. The van der Waals surface area contributed by atoms with Crippen LogP contribution >= 0.6 is 11.3 Å². The summed E-state index contributed by atoms with van der Waals surface area (Å²) in [5, 5.41) is 1.14. The standard InChI is InChI=1S/C13H11N3O2S2/c1-8-2-4-10-9(6-8)3-5-11(16-10)20(17,18)12-7-15-13(14)19-12/h2-7H,1H3,(H2,14,15). The van der Waals surface area contributed by atoms with Gasteiger partial charge in [0.15, 0.2) is 10.2 Å². The lowest BCUT2D eigenvalue weighted by Gasteiger charge is -2.03. The van der Waals surface area contributed by atoms with E-state index in [-0.39, 0.29) is 14.4 Å². The summed E-state index contributed by atoms with van der Waals surface area (Å²) in [5.74, 6) is 0. The molecule has 2 N–H and O–H groups in total. The van der Waals surface area contributed by atoms with Crippen LogP contribution in [0.1, 0.15) is 5.56 Å². The normalized spacial score (nSPS) is 11.8. The van der Waals surface area contributed by atoms with Crippen LogP contribution in [-0.4, -0.2) is 18.4 Å². The van der Waals surface area contributed by atoms with E-state index in [0.29, 0.717) is 5.52 Å². The number of aromatic nitrogens is 2. The van der Waals surface area contributed by atoms with Crippen molar-refractivity contribution >= 4 is 37.2 Å². The molecule has 0 amide bonds. The number of nitrogen functional groups attached to an aromatic ring is 1. The minimum Gasteiger partial charge on any atom is -0.375 e.